The molecule has 0 aromatic rings. The highest BCUT2D eigenvalue weighted by atomic mass is 16.5. The zero-order valence-electron chi connectivity index (χ0n) is 10.3. The number of rotatable bonds is 3. The maximum absolute atomic E-state index is 11.5. The Hall–Kier alpha value is -0.610. The Labute approximate surface area is 97.3 Å². The Kier molecular flexibility index (Phi) is 3.50. The average molecular weight is 226 g/mol. The largest absolute Gasteiger partial charge is 0.469 e. The lowest BCUT2D eigenvalue weighted by Crippen LogP contribution is -2.55. The van der Waals surface area contributed by atoms with Crippen molar-refractivity contribution in [2.45, 2.75) is 43.7 Å². The summed E-state index contributed by atoms with van der Waals surface area (Å²) in [6, 6.07) is 0.672. The van der Waals surface area contributed by atoms with Crippen molar-refractivity contribution in [1.82, 2.24) is 10.2 Å². The first kappa shape index (κ1) is 11.9. The molecule has 2 unspecified atom stereocenters. The molecule has 0 aliphatic carbocycles. The summed E-state index contributed by atoms with van der Waals surface area (Å²) in [5.74, 6) is -0.0965. The number of hydrogen-bond acceptors (Lipinski definition) is 4. The highest BCUT2D eigenvalue weighted by Crippen LogP contribution is 2.34. The van der Waals surface area contributed by atoms with Gasteiger partial charge in [-0.3, -0.25) is 4.79 Å². The van der Waals surface area contributed by atoms with Crippen LogP contribution in [0.3, 0.4) is 0 Å². The number of fused-ring (bicyclic) bond motifs is 1. The molecular formula is C12H22N2O2. The third-order valence-electron chi connectivity index (χ3n) is 4.24. The van der Waals surface area contributed by atoms with E-state index < -0.39 is 0 Å². The molecule has 2 rings (SSSR count). The monoisotopic (exact) mass is 226 g/mol. The Balaban J connectivity index is 2.01. The second-order valence-corrected chi connectivity index (χ2v) is 5.07. The van der Waals surface area contributed by atoms with E-state index in [-0.39, 0.29) is 11.5 Å². The van der Waals surface area contributed by atoms with E-state index in [1.165, 1.54) is 26.5 Å². The van der Waals surface area contributed by atoms with Crippen LogP contribution < -0.4 is 5.32 Å². The molecule has 2 atom stereocenters. The summed E-state index contributed by atoms with van der Waals surface area (Å²) >= 11 is 0. The summed E-state index contributed by atoms with van der Waals surface area (Å²) in [6.07, 6.45) is 5.23. The van der Waals surface area contributed by atoms with Crippen molar-refractivity contribution >= 4 is 5.97 Å². The molecule has 0 radical (unpaired) electrons. The molecule has 2 aliphatic heterocycles. The molecule has 4 heteroatoms. The van der Waals surface area contributed by atoms with Crippen molar-refractivity contribution in [3.63, 3.8) is 0 Å². The van der Waals surface area contributed by atoms with Crippen LogP contribution in [0.4, 0.5) is 0 Å². The Morgan fingerprint density at radius 1 is 1.56 bits per heavy atom. The fourth-order valence-corrected chi connectivity index (χ4v) is 3.16. The molecule has 0 aromatic heterocycles. The van der Waals surface area contributed by atoms with Crippen molar-refractivity contribution in [1.29, 1.82) is 0 Å². The molecule has 2 heterocycles. The van der Waals surface area contributed by atoms with E-state index in [0.29, 0.717) is 12.5 Å². The summed E-state index contributed by atoms with van der Waals surface area (Å²) in [5, 5.41) is 3.37. The van der Waals surface area contributed by atoms with Crippen molar-refractivity contribution in [2.24, 2.45) is 0 Å². The third-order valence-corrected chi connectivity index (χ3v) is 4.24. The quantitative estimate of drug-likeness (QED) is 0.722. The average Bonchev–Trinajstić information content (AvgIpc) is 2.75. The summed E-state index contributed by atoms with van der Waals surface area (Å²) in [6.45, 7) is 2.35. The van der Waals surface area contributed by atoms with E-state index in [1.54, 1.807) is 0 Å². The van der Waals surface area contributed by atoms with Gasteiger partial charge in [0.25, 0.3) is 0 Å². The van der Waals surface area contributed by atoms with Crippen LogP contribution in [0.5, 0.6) is 0 Å². The standard InChI is InChI=1S/C12H22N2O2/c1-13-12(9-11(15)16-2)5-7-14-6-3-4-10(14)8-12/h10,13H,3-9H2,1-2H3. The van der Waals surface area contributed by atoms with Crippen molar-refractivity contribution in [2.75, 3.05) is 27.2 Å². The second-order valence-electron chi connectivity index (χ2n) is 5.07. The number of nitrogens with one attached hydrogen (secondary N) is 1. The van der Waals surface area contributed by atoms with Gasteiger partial charge in [0.15, 0.2) is 0 Å². The van der Waals surface area contributed by atoms with Gasteiger partial charge in [-0.05, 0) is 39.3 Å². The number of carbonyl (C=O) groups excluding carboxylic acids is 1. The van der Waals surface area contributed by atoms with Crippen LogP contribution in [0.25, 0.3) is 0 Å². The lowest BCUT2D eigenvalue weighted by molar-refractivity contribution is -0.143. The number of esters is 1. The predicted octanol–water partition coefficient (Wildman–Crippen LogP) is 0.766. The lowest BCUT2D eigenvalue weighted by Gasteiger charge is -2.43. The molecule has 16 heavy (non-hydrogen) atoms. The first-order valence-electron chi connectivity index (χ1n) is 6.19. The van der Waals surface area contributed by atoms with Gasteiger partial charge >= 0.3 is 5.97 Å². The minimum Gasteiger partial charge on any atom is -0.469 e. The van der Waals surface area contributed by atoms with Crippen LogP contribution in [0.15, 0.2) is 0 Å². The number of hydrogen-bond donors (Lipinski definition) is 1. The Bertz CT molecular complexity index is 270. The van der Waals surface area contributed by atoms with Crippen LogP contribution in [0.1, 0.15) is 32.1 Å². The number of piperidine rings is 1. The summed E-state index contributed by atoms with van der Waals surface area (Å²) in [4.78, 5) is 14.0. The second kappa shape index (κ2) is 4.72. The zero-order valence-corrected chi connectivity index (χ0v) is 10.3. The van der Waals surface area contributed by atoms with Gasteiger partial charge in [-0.25, -0.2) is 0 Å². The lowest BCUT2D eigenvalue weighted by atomic mass is 9.81. The molecule has 2 aliphatic rings. The molecule has 2 saturated heterocycles. The molecule has 1 N–H and O–H groups in total. The number of ether oxygens (including phenoxy) is 1. The van der Waals surface area contributed by atoms with Gasteiger partial charge in [0.2, 0.25) is 0 Å². The summed E-state index contributed by atoms with van der Waals surface area (Å²) in [5.41, 5.74) is -0.0292. The van der Waals surface area contributed by atoms with E-state index in [9.17, 15) is 4.79 Å². The third kappa shape index (κ3) is 2.23. The molecule has 0 saturated carbocycles. The van der Waals surface area contributed by atoms with Gasteiger partial charge in [-0.15, -0.1) is 0 Å². The highest BCUT2D eigenvalue weighted by Gasteiger charge is 2.41. The maximum atomic E-state index is 11.5. The van der Waals surface area contributed by atoms with Crippen LogP contribution in [-0.4, -0.2) is 49.7 Å². The van der Waals surface area contributed by atoms with Crippen LogP contribution in [0.2, 0.25) is 0 Å². The molecule has 2 fully saturated rings. The fourth-order valence-electron chi connectivity index (χ4n) is 3.16. The first-order chi connectivity index (χ1) is 7.69. The van der Waals surface area contributed by atoms with Gasteiger partial charge < -0.3 is 15.0 Å². The van der Waals surface area contributed by atoms with Crippen LogP contribution in [0, 0.1) is 0 Å². The molecule has 0 spiro atoms. The Morgan fingerprint density at radius 3 is 3.06 bits per heavy atom. The normalized spacial score (nSPS) is 34.8. The van der Waals surface area contributed by atoms with E-state index in [4.69, 9.17) is 4.74 Å². The molecular weight excluding hydrogens is 204 g/mol. The maximum Gasteiger partial charge on any atom is 0.307 e. The van der Waals surface area contributed by atoms with E-state index >= 15 is 0 Å². The van der Waals surface area contributed by atoms with Gasteiger partial charge in [-0.2, -0.15) is 0 Å². The highest BCUT2D eigenvalue weighted by molar-refractivity contribution is 5.70. The SMILES string of the molecule is CNC1(CC(=O)OC)CCN2CCCC2C1. The zero-order chi connectivity index (χ0) is 11.6. The molecule has 92 valence electrons. The first-order valence-corrected chi connectivity index (χ1v) is 6.19. The summed E-state index contributed by atoms with van der Waals surface area (Å²) < 4.78 is 4.80. The molecule has 4 nitrogen and oxygen atoms in total. The molecule has 0 bridgehead atoms. The summed E-state index contributed by atoms with van der Waals surface area (Å²) in [7, 11) is 3.43. The van der Waals surface area contributed by atoms with Gasteiger partial charge in [0.1, 0.15) is 0 Å². The minimum absolute atomic E-state index is 0.0292. The van der Waals surface area contributed by atoms with Gasteiger partial charge in [0.05, 0.1) is 13.5 Å². The van der Waals surface area contributed by atoms with Crippen molar-refractivity contribution in [3.8, 4) is 0 Å². The minimum atomic E-state index is -0.0965. The Morgan fingerprint density at radius 2 is 2.38 bits per heavy atom. The smallest absolute Gasteiger partial charge is 0.307 e. The number of nitrogens with zero attached hydrogens (tertiary/aromatic N) is 1. The van der Waals surface area contributed by atoms with Crippen LogP contribution in [-0.2, 0) is 9.53 Å². The van der Waals surface area contributed by atoms with E-state index in [1.807, 2.05) is 7.05 Å². The van der Waals surface area contributed by atoms with Crippen molar-refractivity contribution < 1.29 is 9.53 Å². The molecule has 0 aromatic carbocycles. The number of methoxy groups -OCH3 is 1. The number of carbonyl (C=O) groups is 1. The van der Waals surface area contributed by atoms with Crippen molar-refractivity contribution in [3.05, 3.63) is 0 Å². The fraction of sp³-hybridized carbons (Fsp3) is 0.917. The van der Waals surface area contributed by atoms with Gasteiger partial charge in [-0.1, -0.05) is 0 Å². The van der Waals surface area contributed by atoms with Gasteiger partial charge in [0, 0.05) is 18.1 Å². The van der Waals surface area contributed by atoms with E-state index in [0.717, 1.165) is 19.4 Å². The molecule has 0 amide bonds. The topological polar surface area (TPSA) is 41.6 Å². The van der Waals surface area contributed by atoms with E-state index in [2.05, 4.69) is 10.2 Å². The van der Waals surface area contributed by atoms with Crippen LogP contribution >= 0.6 is 0 Å². The predicted molar refractivity (Wildman–Crippen MR) is 62.3 cm³/mol.